The molecule has 114 valence electrons. The molecule has 1 aromatic heterocycles. The van der Waals surface area contributed by atoms with Crippen molar-refractivity contribution in [2.45, 2.75) is 0 Å². The molecule has 0 aliphatic rings. The predicted molar refractivity (Wildman–Crippen MR) is 86.3 cm³/mol. The van der Waals surface area contributed by atoms with E-state index in [1.54, 1.807) is 24.6 Å². The van der Waals surface area contributed by atoms with E-state index in [4.69, 9.17) is 4.74 Å². The molecule has 0 saturated heterocycles. The smallest absolute Gasteiger partial charge is 0.350 e. The number of esters is 1. The summed E-state index contributed by atoms with van der Waals surface area (Å²) in [6.45, 7) is 0. The third-order valence-electron chi connectivity index (χ3n) is 2.85. The number of para-hydroxylation sites is 1. The van der Waals surface area contributed by atoms with Crippen molar-refractivity contribution < 1.29 is 19.1 Å². The van der Waals surface area contributed by atoms with Crippen LogP contribution in [-0.2, 0) is 9.53 Å². The maximum Gasteiger partial charge on any atom is 0.350 e. The van der Waals surface area contributed by atoms with Crippen LogP contribution in [0, 0.1) is 0 Å². The molecule has 0 radical (unpaired) electrons. The first-order valence-corrected chi connectivity index (χ1v) is 7.31. The second kappa shape index (κ2) is 7.42. The van der Waals surface area contributed by atoms with Gasteiger partial charge in [-0.25, -0.2) is 4.79 Å². The molecule has 22 heavy (non-hydrogen) atoms. The number of ether oxygens (including phenoxy) is 2. The van der Waals surface area contributed by atoms with E-state index in [1.807, 2.05) is 24.3 Å². The van der Waals surface area contributed by atoms with Crippen LogP contribution in [0.3, 0.4) is 0 Å². The molecule has 0 aliphatic carbocycles. The summed E-state index contributed by atoms with van der Waals surface area (Å²) < 4.78 is 9.87. The molecule has 2 aromatic rings. The Kier molecular flexibility index (Phi) is 5.32. The summed E-state index contributed by atoms with van der Waals surface area (Å²) in [4.78, 5) is 23.9. The van der Waals surface area contributed by atoms with Gasteiger partial charge in [0.2, 0.25) is 5.91 Å². The fraction of sp³-hybridized carbons (Fsp3) is 0.125. The predicted octanol–water partition coefficient (Wildman–Crippen LogP) is 3.20. The van der Waals surface area contributed by atoms with E-state index < -0.39 is 5.97 Å². The summed E-state index contributed by atoms with van der Waals surface area (Å²) in [5, 5.41) is 4.37. The second-order valence-electron chi connectivity index (χ2n) is 4.22. The Morgan fingerprint density at radius 2 is 1.95 bits per heavy atom. The maximum atomic E-state index is 12.0. The number of thiophene rings is 1. The van der Waals surface area contributed by atoms with Gasteiger partial charge in [0.25, 0.3) is 0 Å². The van der Waals surface area contributed by atoms with Crippen LogP contribution < -0.4 is 10.1 Å². The van der Waals surface area contributed by atoms with Crippen LogP contribution in [0.1, 0.15) is 15.2 Å². The van der Waals surface area contributed by atoms with Crippen LogP contribution in [0.15, 0.2) is 41.8 Å². The highest BCUT2D eigenvalue weighted by Gasteiger charge is 2.14. The molecule has 0 aliphatic heterocycles. The van der Waals surface area contributed by atoms with Gasteiger partial charge in [-0.1, -0.05) is 18.2 Å². The highest BCUT2D eigenvalue weighted by molar-refractivity contribution is 7.12. The summed E-state index contributed by atoms with van der Waals surface area (Å²) in [5.41, 5.74) is 1.23. The van der Waals surface area contributed by atoms with Crippen molar-refractivity contribution >= 4 is 35.0 Å². The monoisotopic (exact) mass is 317 g/mol. The van der Waals surface area contributed by atoms with Crippen LogP contribution in [0.2, 0.25) is 0 Å². The van der Waals surface area contributed by atoms with Crippen molar-refractivity contribution in [3.05, 3.63) is 52.2 Å². The van der Waals surface area contributed by atoms with Gasteiger partial charge >= 0.3 is 5.97 Å². The van der Waals surface area contributed by atoms with E-state index in [9.17, 15) is 9.59 Å². The van der Waals surface area contributed by atoms with Crippen LogP contribution in [-0.4, -0.2) is 26.1 Å². The van der Waals surface area contributed by atoms with Gasteiger partial charge in [-0.2, -0.15) is 0 Å². The Bertz CT molecular complexity index is 706. The maximum absolute atomic E-state index is 12.0. The molecule has 6 heteroatoms. The summed E-state index contributed by atoms with van der Waals surface area (Å²) in [7, 11) is 2.87. The minimum absolute atomic E-state index is 0.338. The molecular formula is C16H15NO4S. The average molecular weight is 317 g/mol. The quantitative estimate of drug-likeness (QED) is 0.679. The van der Waals surface area contributed by atoms with Crippen molar-refractivity contribution in [2.75, 3.05) is 19.5 Å². The first-order chi connectivity index (χ1) is 10.7. The highest BCUT2D eigenvalue weighted by Crippen LogP contribution is 2.23. The zero-order valence-electron chi connectivity index (χ0n) is 12.2. The number of benzene rings is 1. The third-order valence-corrected chi connectivity index (χ3v) is 3.74. The Morgan fingerprint density at radius 3 is 2.68 bits per heavy atom. The fourth-order valence-corrected chi connectivity index (χ4v) is 2.57. The standard InChI is InChI=1S/C16H15NO4S/c1-20-13-6-4-3-5-11(13)7-8-14(18)17-12-9-10-22-15(12)16(19)21-2/h3-10H,1-2H3,(H,17,18)/b8-7+. The van der Waals surface area contributed by atoms with Crippen LogP contribution in [0.4, 0.5) is 5.69 Å². The molecule has 1 N–H and O–H groups in total. The van der Waals surface area contributed by atoms with Gasteiger partial charge in [0, 0.05) is 11.6 Å². The molecule has 1 heterocycles. The van der Waals surface area contributed by atoms with Crippen molar-refractivity contribution in [3.8, 4) is 5.75 Å². The van der Waals surface area contributed by atoms with E-state index in [0.29, 0.717) is 16.3 Å². The minimum atomic E-state index is -0.473. The van der Waals surface area contributed by atoms with E-state index in [0.717, 1.165) is 5.56 Å². The van der Waals surface area contributed by atoms with Crippen LogP contribution in [0.5, 0.6) is 5.75 Å². The molecule has 0 fully saturated rings. The zero-order chi connectivity index (χ0) is 15.9. The lowest BCUT2D eigenvalue weighted by atomic mass is 10.2. The Morgan fingerprint density at radius 1 is 1.18 bits per heavy atom. The second-order valence-corrected chi connectivity index (χ2v) is 5.14. The van der Waals surface area contributed by atoms with Gasteiger partial charge in [-0.05, 0) is 23.6 Å². The van der Waals surface area contributed by atoms with E-state index in [2.05, 4.69) is 10.1 Å². The summed E-state index contributed by atoms with van der Waals surface area (Å²) >= 11 is 1.21. The topological polar surface area (TPSA) is 64.6 Å². The van der Waals surface area contributed by atoms with Gasteiger partial charge in [-0.3, -0.25) is 4.79 Å². The number of amides is 1. The Hall–Kier alpha value is -2.60. The largest absolute Gasteiger partial charge is 0.496 e. The fourth-order valence-electron chi connectivity index (χ4n) is 1.80. The number of rotatable bonds is 5. The normalized spacial score (nSPS) is 10.5. The first kappa shape index (κ1) is 15.8. The summed E-state index contributed by atoms with van der Waals surface area (Å²) in [6.07, 6.45) is 3.04. The molecular weight excluding hydrogens is 302 g/mol. The molecule has 5 nitrogen and oxygen atoms in total. The van der Waals surface area contributed by atoms with E-state index in [-0.39, 0.29) is 5.91 Å². The summed E-state index contributed by atoms with van der Waals surface area (Å²) in [6, 6.07) is 9.02. The van der Waals surface area contributed by atoms with E-state index in [1.165, 1.54) is 24.5 Å². The van der Waals surface area contributed by atoms with Crippen LogP contribution in [0.25, 0.3) is 6.08 Å². The van der Waals surface area contributed by atoms with Crippen molar-refractivity contribution in [2.24, 2.45) is 0 Å². The van der Waals surface area contributed by atoms with Gasteiger partial charge in [0.1, 0.15) is 10.6 Å². The minimum Gasteiger partial charge on any atom is -0.496 e. The third kappa shape index (κ3) is 3.73. The number of methoxy groups -OCH3 is 2. The zero-order valence-corrected chi connectivity index (χ0v) is 13.0. The van der Waals surface area contributed by atoms with Gasteiger partial charge in [0.15, 0.2) is 0 Å². The van der Waals surface area contributed by atoms with Crippen molar-refractivity contribution in [1.29, 1.82) is 0 Å². The number of carbonyl (C=O) groups is 2. The number of carbonyl (C=O) groups excluding carboxylic acids is 2. The van der Waals surface area contributed by atoms with Crippen molar-refractivity contribution in [3.63, 3.8) is 0 Å². The molecule has 0 unspecified atom stereocenters. The Labute approximate surface area is 132 Å². The van der Waals surface area contributed by atoms with Gasteiger partial charge in [0.05, 0.1) is 19.9 Å². The van der Waals surface area contributed by atoms with Crippen molar-refractivity contribution in [1.82, 2.24) is 0 Å². The van der Waals surface area contributed by atoms with Crippen LogP contribution >= 0.6 is 11.3 Å². The van der Waals surface area contributed by atoms with Gasteiger partial charge in [-0.15, -0.1) is 11.3 Å². The SMILES string of the molecule is COC(=O)c1sccc1NC(=O)/C=C/c1ccccc1OC. The molecule has 0 atom stereocenters. The lowest BCUT2D eigenvalue weighted by molar-refractivity contribution is -0.111. The molecule has 1 amide bonds. The summed E-state index contributed by atoms with van der Waals surface area (Å²) in [5.74, 6) is -0.134. The lowest BCUT2D eigenvalue weighted by Crippen LogP contribution is -2.10. The molecule has 0 spiro atoms. The molecule has 0 saturated carbocycles. The molecule has 1 aromatic carbocycles. The Balaban J connectivity index is 2.09. The van der Waals surface area contributed by atoms with Gasteiger partial charge < -0.3 is 14.8 Å². The number of hydrogen-bond donors (Lipinski definition) is 1. The molecule has 0 bridgehead atoms. The van der Waals surface area contributed by atoms with E-state index >= 15 is 0 Å². The highest BCUT2D eigenvalue weighted by atomic mass is 32.1. The number of hydrogen-bond acceptors (Lipinski definition) is 5. The molecule has 2 rings (SSSR count). The lowest BCUT2D eigenvalue weighted by Gasteiger charge is -2.04. The number of nitrogens with one attached hydrogen (secondary N) is 1. The number of anilines is 1. The first-order valence-electron chi connectivity index (χ1n) is 6.43. The average Bonchev–Trinajstić information content (AvgIpc) is 3.00.